The molecule has 2 nitrogen and oxygen atoms in total. The van der Waals surface area contributed by atoms with E-state index < -0.39 is 11.6 Å². The highest BCUT2D eigenvalue weighted by Gasteiger charge is 2.21. The molecule has 0 aliphatic heterocycles. The lowest BCUT2D eigenvalue weighted by molar-refractivity contribution is 0.300. The summed E-state index contributed by atoms with van der Waals surface area (Å²) >= 11 is 1.02. The first-order valence-electron chi connectivity index (χ1n) is 6.09. The summed E-state index contributed by atoms with van der Waals surface area (Å²) in [6.45, 7) is 2.12. The maximum Gasteiger partial charge on any atom is 0.140 e. The van der Waals surface area contributed by atoms with Gasteiger partial charge in [-0.3, -0.25) is 0 Å². The van der Waals surface area contributed by atoms with Gasteiger partial charge in [-0.05, 0) is 30.5 Å². The minimum atomic E-state index is -0.548. The molecule has 1 aromatic carbocycles. The molecule has 1 atom stereocenters. The van der Waals surface area contributed by atoms with E-state index in [9.17, 15) is 8.78 Å². The van der Waals surface area contributed by atoms with Crippen LogP contribution in [0.15, 0.2) is 17.0 Å². The van der Waals surface area contributed by atoms with Gasteiger partial charge >= 0.3 is 0 Å². The van der Waals surface area contributed by atoms with Crippen LogP contribution in [0.4, 0.5) is 8.78 Å². The lowest BCUT2D eigenvalue weighted by Crippen LogP contribution is -2.15. The molecule has 0 saturated heterocycles. The number of nitrogens with one attached hydrogen (secondary N) is 1. The number of aliphatic hydroxyl groups is 1. The number of benzene rings is 1. The summed E-state index contributed by atoms with van der Waals surface area (Å²) in [5.41, 5.74) is 0.623. The minimum absolute atomic E-state index is 0.00766. The van der Waals surface area contributed by atoms with Crippen LogP contribution in [-0.4, -0.2) is 23.0 Å². The molecule has 0 bridgehead atoms. The first kappa shape index (κ1) is 13.8. The summed E-state index contributed by atoms with van der Waals surface area (Å²) in [7, 11) is 0. The smallest absolute Gasteiger partial charge is 0.140 e. The van der Waals surface area contributed by atoms with Crippen molar-refractivity contribution < 1.29 is 13.9 Å². The fourth-order valence-electron chi connectivity index (χ4n) is 1.62. The third-order valence-corrected chi connectivity index (χ3v) is 3.98. The number of rotatable bonds is 6. The van der Waals surface area contributed by atoms with E-state index in [2.05, 4.69) is 5.32 Å². The van der Waals surface area contributed by atoms with Crippen LogP contribution in [0.25, 0.3) is 0 Å². The second kappa shape index (κ2) is 5.99. The number of thioether (sulfide) groups is 1. The van der Waals surface area contributed by atoms with Crippen molar-refractivity contribution in [2.75, 3.05) is 6.61 Å². The number of halogens is 2. The Morgan fingerprint density at radius 3 is 2.50 bits per heavy atom. The van der Waals surface area contributed by atoms with Gasteiger partial charge in [0, 0.05) is 17.8 Å². The van der Waals surface area contributed by atoms with Gasteiger partial charge in [0.15, 0.2) is 0 Å². The standard InChI is InChI=1S/C13H17F2NOS/c1-8(7-17)18-13-11(14)4-9(5-12(13)15)6-16-10-2-3-10/h4-5,8,10,16-17H,2-3,6-7H2,1H3. The molecule has 1 unspecified atom stereocenters. The Kier molecular flexibility index (Phi) is 4.59. The Labute approximate surface area is 110 Å². The maximum atomic E-state index is 13.8. The molecule has 0 heterocycles. The van der Waals surface area contributed by atoms with Crippen molar-refractivity contribution in [3.8, 4) is 0 Å². The molecule has 1 fully saturated rings. The van der Waals surface area contributed by atoms with Crippen molar-refractivity contribution in [1.82, 2.24) is 5.32 Å². The van der Waals surface area contributed by atoms with Crippen molar-refractivity contribution in [2.45, 2.75) is 42.5 Å². The van der Waals surface area contributed by atoms with E-state index in [4.69, 9.17) is 5.11 Å². The number of hydrogen-bond acceptors (Lipinski definition) is 3. The van der Waals surface area contributed by atoms with E-state index in [1.165, 1.54) is 12.1 Å². The Morgan fingerprint density at radius 1 is 1.39 bits per heavy atom. The predicted octanol–water partition coefficient (Wildman–Crippen LogP) is 2.69. The first-order chi connectivity index (χ1) is 8.60. The first-order valence-corrected chi connectivity index (χ1v) is 6.97. The molecule has 1 aromatic rings. The van der Waals surface area contributed by atoms with Crippen molar-refractivity contribution >= 4 is 11.8 Å². The summed E-state index contributed by atoms with van der Waals surface area (Å²) < 4.78 is 27.6. The van der Waals surface area contributed by atoms with Gasteiger partial charge in [-0.25, -0.2) is 8.78 Å². The normalized spacial score (nSPS) is 16.9. The molecule has 2 N–H and O–H groups in total. The highest BCUT2D eigenvalue weighted by atomic mass is 32.2. The SMILES string of the molecule is CC(CO)Sc1c(F)cc(CNC2CC2)cc1F. The number of hydrogen-bond donors (Lipinski definition) is 2. The summed E-state index contributed by atoms with van der Waals surface area (Å²) in [5, 5.41) is 11.9. The highest BCUT2D eigenvalue weighted by molar-refractivity contribution is 8.00. The highest BCUT2D eigenvalue weighted by Crippen LogP contribution is 2.30. The van der Waals surface area contributed by atoms with Crippen LogP contribution in [0.3, 0.4) is 0 Å². The van der Waals surface area contributed by atoms with E-state index in [0.29, 0.717) is 18.2 Å². The second-order valence-electron chi connectivity index (χ2n) is 4.65. The van der Waals surface area contributed by atoms with Crippen LogP contribution >= 0.6 is 11.8 Å². The maximum absolute atomic E-state index is 13.8. The van der Waals surface area contributed by atoms with Crippen LogP contribution < -0.4 is 5.32 Å². The molecule has 1 saturated carbocycles. The van der Waals surface area contributed by atoms with E-state index in [1.807, 2.05) is 0 Å². The van der Waals surface area contributed by atoms with Crippen molar-refractivity contribution in [3.05, 3.63) is 29.3 Å². The quantitative estimate of drug-likeness (QED) is 0.782. The molecule has 0 amide bonds. The molecular formula is C13H17F2NOS. The summed E-state index contributed by atoms with van der Waals surface area (Å²) in [5.74, 6) is -1.10. The Bertz CT molecular complexity index is 400. The third-order valence-electron chi connectivity index (χ3n) is 2.81. The molecule has 0 radical (unpaired) electrons. The predicted molar refractivity (Wildman–Crippen MR) is 68.6 cm³/mol. The molecule has 100 valence electrons. The molecule has 1 aliphatic carbocycles. The average Bonchev–Trinajstić information content (AvgIpc) is 3.15. The zero-order valence-corrected chi connectivity index (χ0v) is 11.1. The van der Waals surface area contributed by atoms with E-state index >= 15 is 0 Å². The molecule has 2 rings (SSSR count). The zero-order valence-electron chi connectivity index (χ0n) is 10.2. The molecule has 18 heavy (non-hydrogen) atoms. The Balaban J connectivity index is 2.06. The fourth-order valence-corrected chi connectivity index (χ4v) is 2.44. The van der Waals surface area contributed by atoms with Crippen LogP contribution in [-0.2, 0) is 6.54 Å². The Morgan fingerprint density at radius 2 is 2.00 bits per heavy atom. The van der Waals surface area contributed by atoms with Crippen LogP contribution in [0, 0.1) is 11.6 Å². The summed E-state index contributed by atoms with van der Waals surface area (Å²) in [4.78, 5) is -0.00766. The van der Waals surface area contributed by atoms with Gasteiger partial charge in [0.2, 0.25) is 0 Å². The molecule has 0 aromatic heterocycles. The van der Waals surface area contributed by atoms with Crippen LogP contribution in [0.2, 0.25) is 0 Å². The Hall–Kier alpha value is -0.650. The number of aliphatic hydroxyl groups excluding tert-OH is 1. The van der Waals surface area contributed by atoms with E-state index in [0.717, 1.165) is 24.6 Å². The molecule has 5 heteroatoms. The average molecular weight is 273 g/mol. The van der Waals surface area contributed by atoms with Gasteiger partial charge in [-0.15, -0.1) is 11.8 Å². The van der Waals surface area contributed by atoms with Gasteiger partial charge < -0.3 is 10.4 Å². The van der Waals surface area contributed by atoms with Crippen molar-refractivity contribution in [2.24, 2.45) is 0 Å². The van der Waals surface area contributed by atoms with Gasteiger partial charge in [0.05, 0.1) is 11.5 Å². The van der Waals surface area contributed by atoms with E-state index in [1.54, 1.807) is 6.92 Å². The zero-order chi connectivity index (χ0) is 13.1. The molecular weight excluding hydrogens is 256 g/mol. The topological polar surface area (TPSA) is 32.3 Å². The lowest BCUT2D eigenvalue weighted by Gasteiger charge is -2.11. The van der Waals surface area contributed by atoms with Crippen molar-refractivity contribution in [3.63, 3.8) is 0 Å². The van der Waals surface area contributed by atoms with Gasteiger partial charge in [-0.2, -0.15) is 0 Å². The second-order valence-corrected chi connectivity index (χ2v) is 6.10. The lowest BCUT2D eigenvalue weighted by atomic mass is 10.2. The van der Waals surface area contributed by atoms with Crippen molar-refractivity contribution in [1.29, 1.82) is 0 Å². The monoisotopic (exact) mass is 273 g/mol. The molecule has 0 spiro atoms. The van der Waals surface area contributed by atoms with E-state index in [-0.39, 0.29) is 16.8 Å². The minimum Gasteiger partial charge on any atom is -0.395 e. The van der Waals surface area contributed by atoms with Crippen LogP contribution in [0.1, 0.15) is 25.3 Å². The molecule has 1 aliphatic rings. The summed E-state index contributed by atoms with van der Waals surface area (Å²) in [6.07, 6.45) is 2.29. The van der Waals surface area contributed by atoms with Crippen LogP contribution in [0.5, 0.6) is 0 Å². The third kappa shape index (κ3) is 3.67. The largest absolute Gasteiger partial charge is 0.395 e. The van der Waals surface area contributed by atoms with Gasteiger partial charge in [0.1, 0.15) is 11.6 Å². The van der Waals surface area contributed by atoms with Gasteiger partial charge in [0.25, 0.3) is 0 Å². The van der Waals surface area contributed by atoms with Gasteiger partial charge in [-0.1, -0.05) is 6.92 Å². The summed E-state index contributed by atoms with van der Waals surface area (Å²) in [6, 6.07) is 3.25. The fraction of sp³-hybridized carbons (Fsp3) is 0.538.